The molecule has 0 bridgehead atoms. The molecule has 0 heterocycles. The summed E-state index contributed by atoms with van der Waals surface area (Å²) in [6, 6.07) is 12.0. The lowest BCUT2D eigenvalue weighted by Gasteiger charge is -2.08. The Kier molecular flexibility index (Phi) is 4.22. The zero-order chi connectivity index (χ0) is 17.3. The number of halogens is 3. The van der Waals surface area contributed by atoms with E-state index in [0.29, 0.717) is 17.9 Å². The molecule has 0 aromatic heterocycles. The second kappa shape index (κ2) is 6.19. The van der Waals surface area contributed by atoms with Gasteiger partial charge in [-0.1, -0.05) is 18.2 Å². The van der Waals surface area contributed by atoms with E-state index in [1.165, 1.54) is 12.1 Å². The highest BCUT2D eigenvalue weighted by molar-refractivity contribution is 5.95. The SMILES string of the molecule is COc1cccc(NC(=O)C2CC2c2ccc(C(F)(F)F)cc2)c1. The van der Waals surface area contributed by atoms with Gasteiger partial charge in [-0.05, 0) is 42.2 Å². The van der Waals surface area contributed by atoms with Crippen LogP contribution in [0.2, 0.25) is 0 Å². The van der Waals surface area contributed by atoms with Crippen molar-refractivity contribution in [2.24, 2.45) is 5.92 Å². The van der Waals surface area contributed by atoms with Crippen LogP contribution in [0.1, 0.15) is 23.5 Å². The van der Waals surface area contributed by atoms with E-state index >= 15 is 0 Å². The second-order valence-corrected chi connectivity index (χ2v) is 5.79. The third kappa shape index (κ3) is 3.53. The van der Waals surface area contributed by atoms with Gasteiger partial charge in [0.05, 0.1) is 12.7 Å². The van der Waals surface area contributed by atoms with Crippen molar-refractivity contribution in [2.45, 2.75) is 18.5 Å². The molecule has 3 nitrogen and oxygen atoms in total. The number of alkyl halides is 3. The van der Waals surface area contributed by atoms with E-state index in [4.69, 9.17) is 4.74 Å². The summed E-state index contributed by atoms with van der Waals surface area (Å²) in [6.45, 7) is 0. The Hall–Kier alpha value is -2.50. The van der Waals surface area contributed by atoms with Gasteiger partial charge in [0.1, 0.15) is 5.75 Å². The Morgan fingerprint density at radius 2 is 1.88 bits per heavy atom. The van der Waals surface area contributed by atoms with Crippen LogP contribution in [0, 0.1) is 5.92 Å². The highest BCUT2D eigenvalue weighted by Crippen LogP contribution is 2.48. The molecule has 0 aliphatic heterocycles. The van der Waals surface area contributed by atoms with Crippen molar-refractivity contribution >= 4 is 11.6 Å². The third-order valence-corrected chi connectivity index (χ3v) is 4.13. The molecule has 3 rings (SSSR count). The van der Waals surface area contributed by atoms with Crippen LogP contribution < -0.4 is 10.1 Å². The molecule has 2 aromatic rings. The average Bonchev–Trinajstić information content (AvgIpc) is 3.35. The molecule has 1 saturated carbocycles. The molecule has 1 N–H and O–H groups in total. The number of benzene rings is 2. The molecular formula is C18H16F3NO2. The zero-order valence-corrected chi connectivity index (χ0v) is 12.9. The van der Waals surface area contributed by atoms with Gasteiger partial charge in [0, 0.05) is 17.7 Å². The van der Waals surface area contributed by atoms with Crippen LogP contribution in [0.15, 0.2) is 48.5 Å². The second-order valence-electron chi connectivity index (χ2n) is 5.79. The largest absolute Gasteiger partial charge is 0.497 e. The molecule has 1 aliphatic rings. The number of amides is 1. The van der Waals surface area contributed by atoms with Gasteiger partial charge in [-0.25, -0.2) is 0 Å². The standard InChI is InChI=1S/C18H16F3NO2/c1-24-14-4-2-3-13(9-14)22-17(23)16-10-15(16)11-5-7-12(8-6-11)18(19,20)21/h2-9,15-16H,10H2,1H3,(H,22,23). The van der Waals surface area contributed by atoms with Gasteiger partial charge >= 0.3 is 6.18 Å². The first-order chi connectivity index (χ1) is 11.4. The van der Waals surface area contributed by atoms with E-state index in [9.17, 15) is 18.0 Å². The van der Waals surface area contributed by atoms with Crippen molar-refractivity contribution in [1.29, 1.82) is 0 Å². The van der Waals surface area contributed by atoms with Crippen molar-refractivity contribution in [1.82, 2.24) is 0 Å². The summed E-state index contributed by atoms with van der Waals surface area (Å²) in [7, 11) is 1.54. The Labute approximate surface area is 137 Å². The van der Waals surface area contributed by atoms with E-state index in [0.717, 1.165) is 17.7 Å². The topological polar surface area (TPSA) is 38.3 Å². The molecule has 2 unspecified atom stereocenters. The molecule has 1 amide bonds. The van der Waals surface area contributed by atoms with E-state index < -0.39 is 11.7 Å². The highest BCUT2D eigenvalue weighted by Gasteiger charge is 2.44. The maximum absolute atomic E-state index is 12.6. The number of ether oxygens (including phenoxy) is 1. The van der Waals surface area contributed by atoms with E-state index in [1.807, 2.05) is 0 Å². The molecule has 2 atom stereocenters. The minimum atomic E-state index is -4.34. The summed E-state index contributed by atoms with van der Waals surface area (Å²) in [5.41, 5.74) is 0.718. The van der Waals surface area contributed by atoms with Crippen molar-refractivity contribution in [2.75, 3.05) is 12.4 Å². The Morgan fingerprint density at radius 1 is 1.17 bits per heavy atom. The van der Waals surface area contributed by atoms with Gasteiger partial charge in [-0.15, -0.1) is 0 Å². The predicted octanol–water partition coefficient (Wildman–Crippen LogP) is 4.46. The number of carbonyl (C=O) groups is 1. The Balaban J connectivity index is 1.63. The van der Waals surface area contributed by atoms with E-state index in [-0.39, 0.29) is 17.7 Å². The molecule has 0 spiro atoms. The van der Waals surface area contributed by atoms with Crippen molar-refractivity contribution in [3.05, 3.63) is 59.7 Å². The fourth-order valence-corrected chi connectivity index (χ4v) is 2.71. The third-order valence-electron chi connectivity index (χ3n) is 4.13. The monoisotopic (exact) mass is 335 g/mol. The molecule has 1 aliphatic carbocycles. The number of nitrogens with one attached hydrogen (secondary N) is 1. The molecule has 126 valence electrons. The van der Waals surface area contributed by atoms with Gasteiger partial charge < -0.3 is 10.1 Å². The zero-order valence-electron chi connectivity index (χ0n) is 12.9. The molecule has 0 saturated heterocycles. The molecule has 6 heteroatoms. The molecule has 24 heavy (non-hydrogen) atoms. The van der Waals surface area contributed by atoms with Crippen LogP contribution in [-0.2, 0) is 11.0 Å². The first-order valence-corrected chi connectivity index (χ1v) is 7.50. The van der Waals surface area contributed by atoms with Gasteiger partial charge in [0.15, 0.2) is 0 Å². The van der Waals surface area contributed by atoms with Crippen molar-refractivity contribution in [3.8, 4) is 5.75 Å². The van der Waals surface area contributed by atoms with E-state index in [2.05, 4.69) is 5.32 Å². The fraction of sp³-hybridized carbons (Fsp3) is 0.278. The lowest BCUT2D eigenvalue weighted by molar-refractivity contribution is -0.137. The summed E-state index contributed by atoms with van der Waals surface area (Å²) in [5, 5.41) is 2.82. The molecule has 0 radical (unpaired) electrons. The summed E-state index contributed by atoms with van der Waals surface area (Å²) >= 11 is 0. The lowest BCUT2D eigenvalue weighted by Crippen LogP contribution is -2.14. The Morgan fingerprint density at radius 3 is 2.50 bits per heavy atom. The number of hydrogen-bond donors (Lipinski definition) is 1. The van der Waals surface area contributed by atoms with E-state index in [1.54, 1.807) is 31.4 Å². The predicted molar refractivity (Wildman–Crippen MR) is 83.9 cm³/mol. The van der Waals surface area contributed by atoms with Crippen LogP contribution >= 0.6 is 0 Å². The molecular weight excluding hydrogens is 319 g/mol. The number of carbonyl (C=O) groups excluding carboxylic acids is 1. The van der Waals surface area contributed by atoms with Crippen LogP contribution in [-0.4, -0.2) is 13.0 Å². The Bertz CT molecular complexity index is 741. The number of hydrogen-bond acceptors (Lipinski definition) is 2. The number of anilines is 1. The number of methoxy groups -OCH3 is 1. The lowest BCUT2D eigenvalue weighted by atomic mass is 10.1. The number of rotatable bonds is 4. The van der Waals surface area contributed by atoms with Crippen LogP contribution in [0.5, 0.6) is 5.75 Å². The minimum absolute atomic E-state index is 0.0297. The minimum Gasteiger partial charge on any atom is -0.497 e. The van der Waals surface area contributed by atoms with Crippen LogP contribution in [0.3, 0.4) is 0 Å². The first kappa shape index (κ1) is 16.4. The van der Waals surface area contributed by atoms with Crippen molar-refractivity contribution < 1.29 is 22.7 Å². The fourth-order valence-electron chi connectivity index (χ4n) is 2.71. The smallest absolute Gasteiger partial charge is 0.416 e. The van der Waals surface area contributed by atoms with Gasteiger partial charge in [-0.2, -0.15) is 13.2 Å². The molecule has 1 fully saturated rings. The first-order valence-electron chi connectivity index (χ1n) is 7.50. The maximum Gasteiger partial charge on any atom is 0.416 e. The van der Waals surface area contributed by atoms with Crippen LogP contribution in [0.25, 0.3) is 0 Å². The van der Waals surface area contributed by atoms with Gasteiger partial charge in [-0.3, -0.25) is 4.79 Å². The average molecular weight is 335 g/mol. The normalized spacial score (nSPS) is 19.7. The van der Waals surface area contributed by atoms with Gasteiger partial charge in [0.2, 0.25) is 5.91 Å². The maximum atomic E-state index is 12.6. The van der Waals surface area contributed by atoms with Gasteiger partial charge in [0.25, 0.3) is 0 Å². The summed E-state index contributed by atoms with van der Waals surface area (Å²) < 4.78 is 42.8. The summed E-state index contributed by atoms with van der Waals surface area (Å²) in [5.74, 6) is 0.266. The molecule has 2 aromatic carbocycles. The van der Waals surface area contributed by atoms with Crippen molar-refractivity contribution in [3.63, 3.8) is 0 Å². The quantitative estimate of drug-likeness (QED) is 0.896. The summed E-state index contributed by atoms with van der Waals surface area (Å²) in [6.07, 6.45) is -3.70. The highest BCUT2D eigenvalue weighted by atomic mass is 19.4. The van der Waals surface area contributed by atoms with Crippen LogP contribution in [0.4, 0.5) is 18.9 Å². The summed E-state index contributed by atoms with van der Waals surface area (Å²) in [4.78, 5) is 12.3.